The van der Waals surface area contributed by atoms with Gasteiger partial charge in [-0.25, -0.2) is 15.8 Å². The van der Waals surface area contributed by atoms with Crippen LogP contribution in [0, 0.1) is 0 Å². The quantitative estimate of drug-likeness (QED) is 0.641. The van der Waals surface area contributed by atoms with Gasteiger partial charge < -0.3 is 10.2 Å². The van der Waals surface area contributed by atoms with E-state index in [1.807, 2.05) is 17.5 Å². The highest BCUT2D eigenvalue weighted by molar-refractivity contribution is 7.09. The van der Waals surface area contributed by atoms with Crippen LogP contribution >= 0.6 is 11.3 Å². The molecule has 0 bridgehead atoms. The number of rotatable bonds is 5. The van der Waals surface area contributed by atoms with Crippen LogP contribution < -0.4 is 16.0 Å². The molecule has 5 nitrogen and oxygen atoms in total. The molecule has 2 aromatic heterocycles. The summed E-state index contributed by atoms with van der Waals surface area (Å²) in [6.07, 6.45) is 1.45. The van der Waals surface area contributed by atoms with Crippen molar-refractivity contribution in [1.82, 2.24) is 9.97 Å². The maximum atomic E-state index is 5.75. The number of hydrazine groups is 1. The summed E-state index contributed by atoms with van der Waals surface area (Å²) < 4.78 is 5.75. The van der Waals surface area contributed by atoms with E-state index in [-0.39, 0.29) is 5.92 Å². The Hall–Kier alpha value is -1.66. The van der Waals surface area contributed by atoms with Crippen molar-refractivity contribution in [3.63, 3.8) is 0 Å². The van der Waals surface area contributed by atoms with E-state index in [1.165, 1.54) is 6.33 Å². The zero-order valence-corrected chi connectivity index (χ0v) is 11.2. The van der Waals surface area contributed by atoms with E-state index < -0.39 is 0 Å². The number of nitrogen functional groups attached to an aromatic ring is 1. The van der Waals surface area contributed by atoms with E-state index in [2.05, 4.69) is 29.2 Å². The first-order valence-electron chi connectivity index (χ1n) is 5.69. The predicted molar refractivity (Wildman–Crippen MR) is 72.6 cm³/mol. The molecule has 0 atom stereocenters. The lowest BCUT2D eigenvalue weighted by Crippen LogP contribution is -2.13. The van der Waals surface area contributed by atoms with Crippen molar-refractivity contribution in [2.75, 3.05) is 5.43 Å². The number of nitrogens with two attached hydrogens (primary N) is 1. The van der Waals surface area contributed by atoms with Crippen LogP contribution in [-0.2, 0) is 6.61 Å². The normalized spacial score (nSPS) is 10.7. The molecule has 2 rings (SSSR count). The van der Waals surface area contributed by atoms with Gasteiger partial charge in [-0.2, -0.15) is 0 Å². The summed E-state index contributed by atoms with van der Waals surface area (Å²) in [7, 11) is 0. The summed E-state index contributed by atoms with van der Waals surface area (Å²) in [5.74, 6) is 6.88. The summed E-state index contributed by atoms with van der Waals surface area (Å²) >= 11 is 1.66. The van der Waals surface area contributed by atoms with Crippen molar-refractivity contribution in [2.24, 2.45) is 5.84 Å². The minimum Gasteiger partial charge on any atom is -0.472 e. The fourth-order valence-electron chi connectivity index (χ4n) is 1.66. The minimum absolute atomic E-state index is 0.232. The van der Waals surface area contributed by atoms with Crippen LogP contribution in [0.5, 0.6) is 5.88 Å². The van der Waals surface area contributed by atoms with Gasteiger partial charge in [-0.15, -0.1) is 11.3 Å². The number of nitrogens with zero attached hydrogens (tertiary/aromatic N) is 2. The molecule has 0 aromatic carbocycles. The molecule has 0 unspecified atom stereocenters. The molecule has 0 fully saturated rings. The van der Waals surface area contributed by atoms with Gasteiger partial charge in [0.05, 0.1) is 5.56 Å². The number of aromatic nitrogens is 2. The SMILES string of the molecule is CC(C)c1c(NN)ncnc1OCc1cccs1. The lowest BCUT2D eigenvalue weighted by Gasteiger charge is -2.15. The summed E-state index contributed by atoms with van der Waals surface area (Å²) in [4.78, 5) is 9.44. The molecule has 0 saturated heterocycles. The molecule has 0 aliphatic carbocycles. The molecular weight excluding hydrogens is 248 g/mol. The Bertz CT molecular complexity index is 499. The first-order chi connectivity index (χ1) is 8.72. The van der Waals surface area contributed by atoms with E-state index in [4.69, 9.17) is 10.6 Å². The van der Waals surface area contributed by atoms with Gasteiger partial charge in [-0.1, -0.05) is 19.9 Å². The van der Waals surface area contributed by atoms with Gasteiger partial charge in [0, 0.05) is 4.88 Å². The van der Waals surface area contributed by atoms with Gasteiger partial charge in [-0.05, 0) is 17.4 Å². The third-order valence-corrected chi connectivity index (χ3v) is 3.34. The Balaban J connectivity index is 2.21. The Kier molecular flexibility index (Phi) is 4.11. The molecule has 2 aromatic rings. The highest BCUT2D eigenvalue weighted by Gasteiger charge is 2.15. The Morgan fingerprint density at radius 3 is 2.89 bits per heavy atom. The largest absolute Gasteiger partial charge is 0.472 e. The zero-order valence-electron chi connectivity index (χ0n) is 10.4. The smallest absolute Gasteiger partial charge is 0.222 e. The highest BCUT2D eigenvalue weighted by atomic mass is 32.1. The average Bonchev–Trinajstić information content (AvgIpc) is 2.88. The number of ether oxygens (including phenoxy) is 1. The minimum atomic E-state index is 0.232. The fourth-order valence-corrected chi connectivity index (χ4v) is 2.28. The monoisotopic (exact) mass is 264 g/mol. The van der Waals surface area contributed by atoms with Crippen molar-refractivity contribution in [3.8, 4) is 5.88 Å². The maximum Gasteiger partial charge on any atom is 0.222 e. The first kappa shape index (κ1) is 12.8. The molecule has 0 spiro atoms. The van der Waals surface area contributed by atoms with E-state index in [1.54, 1.807) is 11.3 Å². The van der Waals surface area contributed by atoms with E-state index in [9.17, 15) is 0 Å². The van der Waals surface area contributed by atoms with Crippen LogP contribution in [-0.4, -0.2) is 9.97 Å². The zero-order chi connectivity index (χ0) is 13.0. The standard InChI is InChI=1S/C12H16N4OS/c1-8(2)10-11(16-13)14-7-15-12(10)17-6-9-4-3-5-18-9/h3-5,7-8H,6,13H2,1-2H3,(H,14,15,16). The average molecular weight is 264 g/mol. The molecule has 0 amide bonds. The molecule has 2 heterocycles. The first-order valence-corrected chi connectivity index (χ1v) is 6.57. The maximum absolute atomic E-state index is 5.75. The van der Waals surface area contributed by atoms with Crippen molar-refractivity contribution >= 4 is 17.2 Å². The summed E-state index contributed by atoms with van der Waals surface area (Å²) in [6, 6.07) is 4.03. The van der Waals surface area contributed by atoms with Crippen molar-refractivity contribution in [1.29, 1.82) is 0 Å². The van der Waals surface area contributed by atoms with E-state index in [0.717, 1.165) is 10.4 Å². The number of nitrogens with one attached hydrogen (secondary N) is 1. The van der Waals surface area contributed by atoms with Gasteiger partial charge in [0.2, 0.25) is 5.88 Å². The fraction of sp³-hybridized carbons (Fsp3) is 0.333. The summed E-state index contributed by atoms with van der Waals surface area (Å²) in [6.45, 7) is 4.62. The molecule has 6 heteroatoms. The number of hydrogen-bond donors (Lipinski definition) is 2. The molecule has 18 heavy (non-hydrogen) atoms. The second-order valence-corrected chi connectivity index (χ2v) is 5.14. The highest BCUT2D eigenvalue weighted by Crippen LogP contribution is 2.30. The molecule has 96 valence electrons. The lowest BCUT2D eigenvalue weighted by molar-refractivity contribution is 0.292. The molecule has 3 N–H and O–H groups in total. The van der Waals surface area contributed by atoms with Gasteiger partial charge in [-0.3, -0.25) is 0 Å². The second-order valence-electron chi connectivity index (χ2n) is 4.11. The molecule has 0 aliphatic heterocycles. The van der Waals surface area contributed by atoms with E-state index in [0.29, 0.717) is 18.3 Å². The topological polar surface area (TPSA) is 73.1 Å². The van der Waals surface area contributed by atoms with Crippen LogP contribution in [0.15, 0.2) is 23.8 Å². The van der Waals surface area contributed by atoms with E-state index >= 15 is 0 Å². The van der Waals surface area contributed by atoms with Gasteiger partial charge in [0.1, 0.15) is 12.9 Å². The third kappa shape index (κ3) is 2.77. The van der Waals surface area contributed by atoms with Crippen molar-refractivity contribution in [2.45, 2.75) is 26.4 Å². The van der Waals surface area contributed by atoms with Crippen LogP contribution in [0.3, 0.4) is 0 Å². The van der Waals surface area contributed by atoms with Crippen LogP contribution in [0.4, 0.5) is 5.82 Å². The van der Waals surface area contributed by atoms with Gasteiger partial charge >= 0.3 is 0 Å². The molecular formula is C12H16N4OS. The number of anilines is 1. The lowest BCUT2D eigenvalue weighted by atomic mass is 10.1. The van der Waals surface area contributed by atoms with Crippen molar-refractivity contribution in [3.05, 3.63) is 34.3 Å². The third-order valence-electron chi connectivity index (χ3n) is 2.49. The molecule has 0 radical (unpaired) electrons. The van der Waals surface area contributed by atoms with Crippen LogP contribution in [0.25, 0.3) is 0 Å². The van der Waals surface area contributed by atoms with Crippen LogP contribution in [0.1, 0.15) is 30.2 Å². The molecule has 0 aliphatic rings. The van der Waals surface area contributed by atoms with Gasteiger partial charge in [0.15, 0.2) is 5.82 Å². The Morgan fingerprint density at radius 1 is 1.44 bits per heavy atom. The second kappa shape index (κ2) is 5.79. The van der Waals surface area contributed by atoms with Crippen molar-refractivity contribution < 1.29 is 4.74 Å². The van der Waals surface area contributed by atoms with Gasteiger partial charge in [0.25, 0.3) is 0 Å². The summed E-state index contributed by atoms with van der Waals surface area (Å²) in [5.41, 5.74) is 3.48. The molecule has 0 saturated carbocycles. The Labute approximate surface area is 110 Å². The Morgan fingerprint density at radius 2 is 2.28 bits per heavy atom. The number of hydrogen-bond acceptors (Lipinski definition) is 6. The van der Waals surface area contributed by atoms with Crippen LogP contribution in [0.2, 0.25) is 0 Å². The number of thiophene rings is 1. The predicted octanol–water partition coefficient (Wildman–Crippen LogP) is 2.53. The summed E-state index contributed by atoms with van der Waals surface area (Å²) in [5, 5.41) is 2.02.